The van der Waals surface area contributed by atoms with Crippen molar-refractivity contribution in [3.8, 4) is 0 Å². The van der Waals surface area contributed by atoms with Gasteiger partial charge in [0.25, 0.3) is 0 Å². The van der Waals surface area contributed by atoms with E-state index in [1.54, 1.807) is 6.08 Å². The predicted octanol–water partition coefficient (Wildman–Crippen LogP) is 7.14. The first kappa shape index (κ1) is 19.9. The molecule has 23 heavy (non-hydrogen) atoms. The molecule has 128 valence electrons. The summed E-state index contributed by atoms with van der Waals surface area (Å²) in [6.45, 7) is 19.9. The highest BCUT2D eigenvalue weighted by Gasteiger charge is 2.46. The van der Waals surface area contributed by atoms with Gasteiger partial charge in [0, 0.05) is 0 Å². The van der Waals surface area contributed by atoms with Crippen LogP contribution in [0.2, 0.25) is 16.6 Å². The smallest absolute Gasteiger partial charge is 0.201 e. The zero-order chi connectivity index (χ0) is 17.6. The minimum Gasteiger partial charge on any atom is -0.409 e. The fourth-order valence-corrected chi connectivity index (χ4v) is 9.40. The van der Waals surface area contributed by atoms with Crippen LogP contribution in [0, 0.1) is 0 Å². The molecule has 1 atom stereocenters. The first-order valence-electron chi connectivity index (χ1n) is 8.82. The van der Waals surface area contributed by atoms with Crippen molar-refractivity contribution in [3.05, 3.63) is 54.1 Å². The average Bonchev–Trinajstić information content (AvgIpc) is 2.49. The molecular weight excluding hydrogens is 296 g/mol. The molecule has 2 heteroatoms. The Morgan fingerprint density at radius 2 is 1.35 bits per heavy atom. The molecule has 1 unspecified atom stereocenters. The highest BCUT2D eigenvalue weighted by molar-refractivity contribution is 6.77. The van der Waals surface area contributed by atoms with Crippen LogP contribution in [0.3, 0.4) is 0 Å². The maximum atomic E-state index is 6.83. The molecule has 1 aromatic carbocycles. The molecule has 0 aliphatic heterocycles. The third-order valence-electron chi connectivity index (χ3n) is 4.92. The Bertz CT molecular complexity index is 489. The Hall–Kier alpha value is -1.12. The SMILES string of the molecule is C=C/C=C/c1ccc(C(C)O[Si](C(C)C)(C(C)C)C(C)C)cc1. The van der Waals surface area contributed by atoms with Crippen LogP contribution in [0.15, 0.2) is 43.0 Å². The van der Waals surface area contributed by atoms with Crippen molar-refractivity contribution in [2.75, 3.05) is 0 Å². The lowest BCUT2D eigenvalue weighted by Crippen LogP contribution is -2.48. The first-order chi connectivity index (χ1) is 10.8. The third kappa shape index (κ3) is 4.68. The molecule has 0 amide bonds. The largest absolute Gasteiger partial charge is 0.409 e. The monoisotopic (exact) mass is 330 g/mol. The summed E-state index contributed by atoms with van der Waals surface area (Å²) < 4.78 is 6.83. The Labute approximate surface area is 144 Å². The van der Waals surface area contributed by atoms with E-state index < -0.39 is 8.32 Å². The summed E-state index contributed by atoms with van der Waals surface area (Å²) in [5.74, 6) is 0. The molecule has 0 radical (unpaired) electrons. The number of hydrogen-bond acceptors (Lipinski definition) is 1. The zero-order valence-corrected chi connectivity index (χ0v) is 17.0. The molecule has 0 fully saturated rings. The van der Waals surface area contributed by atoms with Gasteiger partial charge in [-0.2, -0.15) is 0 Å². The molecule has 0 heterocycles. The quantitative estimate of drug-likeness (QED) is 0.363. The van der Waals surface area contributed by atoms with E-state index in [9.17, 15) is 0 Å². The number of allylic oxidation sites excluding steroid dienone is 2. The highest BCUT2D eigenvalue weighted by atomic mass is 28.4. The fourth-order valence-electron chi connectivity index (χ4n) is 3.84. The standard InChI is InChI=1S/C21H34OSi/c1-9-10-11-20-12-14-21(15-13-20)19(8)22-23(16(2)3,17(4)5)18(6)7/h9-19H,1H2,2-8H3/b11-10+. The van der Waals surface area contributed by atoms with Crippen LogP contribution in [0.25, 0.3) is 6.08 Å². The van der Waals surface area contributed by atoms with E-state index in [0.29, 0.717) is 16.6 Å². The maximum absolute atomic E-state index is 6.83. The fraction of sp³-hybridized carbons (Fsp3) is 0.524. The van der Waals surface area contributed by atoms with Gasteiger partial charge in [-0.3, -0.25) is 0 Å². The summed E-state index contributed by atoms with van der Waals surface area (Å²) in [5, 5.41) is 0. The maximum Gasteiger partial charge on any atom is 0.201 e. The van der Waals surface area contributed by atoms with Crippen LogP contribution in [0.5, 0.6) is 0 Å². The van der Waals surface area contributed by atoms with Crippen LogP contribution < -0.4 is 0 Å². The lowest BCUT2D eigenvalue weighted by Gasteiger charge is -2.44. The molecule has 0 bridgehead atoms. The molecule has 1 nitrogen and oxygen atoms in total. The van der Waals surface area contributed by atoms with Crippen LogP contribution in [0.4, 0.5) is 0 Å². The normalized spacial score (nSPS) is 14.2. The number of rotatable bonds is 8. The molecule has 0 aromatic heterocycles. The van der Waals surface area contributed by atoms with E-state index >= 15 is 0 Å². The number of hydrogen-bond donors (Lipinski definition) is 0. The van der Waals surface area contributed by atoms with Crippen molar-refractivity contribution >= 4 is 14.4 Å². The lowest BCUT2D eigenvalue weighted by atomic mass is 10.1. The minimum absolute atomic E-state index is 0.145. The van der Waals surface area contributed by atoms with Gasteiger partial charge in [-0.1, -0.05) is 90.6 Å². The van der Waals surface area contributed by atoms with Crippen molar-refractivity contribution in [2.45, 2.75) is 71.2 Å². The van der Waals surface area contributed by atoms with E-state index in [0.717, 1.165) is 0 Å². The summed E-state index contributed by atoms with van der Waals surface area (Å²) in [7, 11) is -1.84. The van der Waals surface area contributed by atoms with Gasteiger partial charge in [-0.05, 0) is 34.7 Å². The second-order valence-corrected chi connectivity index (χ2v) is 12.7. The molecule has 0 spiro atoms. The minimum atomic E-state index is -1.84. The molecule has 0 aliphatic rings. The molecule has 1 aromatic rings. The molecule has 0 N–H and O–H groups in total. The Kier molecular flexibility index (Phi) is 7.49. The Morgan fingerprint density at radius 3 is 1.74 bits per heavy atom. The second-order valence-electron chi connectivity index (χ2n) is 7.34. The summed E-state index contributed by atoms with van der Waals surface area (Å²) in [4.78, 5) is 0. The topological polar surface area (TPSA) is 9.23 Å². The van der Waals surface area contributed by atoms with Gasteiger partial charge in [0.05, 0.1) is 6.10 Å². The zero-order valence-electron chi connectivity index (χ0n) is 16.0. The lowest BCUT2D eigenvalue weighted by molar-refractivity contribution is 0.194. The third-order valence-corrected chi connectivity index (χ3v) is 11.1. The van der Waals surface area contributed by atoms with Crippen molar-refractivity contribution in [1.82, 2.24) is 0 Å². The van der Waals surface area contributed by atoms with E-state index in [-0.39, 0.29) is 6.10 Å². The van der Waals surface area contributed by atoms with Crippen LogP contribution in [-0.4, -0.2) is 8.32 Å². The summed E-state index contributed by atoms with van der Waals surface area (Å²) in [5.41, 5.74) is 4.29. The van der Waals surface area contributed by atoms with E-state index in [2.05, 4.69) is 85.4 Å². The Balaban J connectivity index is 3.01. The highest BCUT2D eigenvalue weighted by Crippen LogP contribution is 2.44. The van der Waals surface area contributed by atoms with E-state index in [1.807, 2.05) is 6.08 Å². The molecule has 0 saturated heterocycles. The summed E-state index contributed by atoms with van der Waals surface area (Å²) >= 11 is 0. The Morgan fingerprint density at radius 1 is 0.870 bits per heavy atom. The van der Waals surface area contributed by atoms with Gasteiger partial charge in [0.15, 0.2) is 0 Å². The van der Waals surface area contributed by atoms with Gasteiger partial charge in [-0.25, -0.2) is 0 Å². The van der Waals surface area contributed by atoms with Crippen molar-refractivity contribution in [2.24, 2.45) is 0 Å². The van der Waals surface area contributed by atoms with E-state index in [4.69, 9.17) is 4.43 Å². The summed E-state index contributed by atoms with van der Waals surface area (Å²) in [6.07, 6.45) is 5.97. The molecule has 1 rings (SSSR count). The molecule has 0 aliphatic carbocycles. The van der Waals surface area contributed by atoms with Crippen molar-refractivity contribution in [1.29, 1.82) is 0 Å². The predicted molar refractivity (Wildman–Crippen MR) is 106 cm³/mol. The van der Waals surface area contributed by atoms with Crippen LogP contribution in [-0.2, 0) is 4.43 Å². The van der Waals surface area contributed by atoms with Gasteiger partial charge in [0.2, 0.25) is 8.32 Å². The van der Waals surface area contributed by atoms with Gasteiger partial charge in [0.1, 0.15) is 0 Å². The number of benzene rings is 1. The molecule has 0 saturated carbocycles. The van der Waals surface area contributed by atoms with Crippen LogP contribution >= 0.6 is 0 Å². The van der Waals surface area contributed by atoms with Crippen LogP contribution in [0.1, 0.15) is 65.7 Å². The molecular formula is C21H34OSi. The summed E-state index contributed by atoms with van der Waals surface area (Å²) in [6, 6.07) is 8.68. The van der Waals surface area contributed by atoms with Gasteiger partial charge < -0.3 is 4.43 Å². The second kappa shape index (κ2) is 8.65. The van der Waals surface area contributed by atoms with E-state index in [1.165, 1.54) is 11.1 Å². The average molecular weight is 331 g/mol. The van der Waals surface area contributed by atoms with Crippen molar-refractivity contribution < 1.29 is 4.43 Å². The van der Waals surface area contributed by atoms with Gasteiger partial charge >= 0.3 is 0 Å². The van der Waals surface area contributed by atoms with Crippen molar-refractivity contribution in [3.63, 3.8) is 0 Å². The van der Waals surface area contributed by atoms with Gasteiger partial charge in [-0.15, -0.1) is 0 Å². The first-order valence-corrected chi connectivity index (χ1v) is 11.0.